The van der Waals surface area contributed by atoms with Gasteiger partial charge in [0.1, 0.15) is 0 Å². The van der Waals surface area contributed by atoms with E-state index >= 15 is 0 Å². The van der Waals surface area contributed by atoms with Gasteiger partial charge in [0, 0.05) is 11.4 Å². The van der Waals surface area contributed by atoms with Crippen LogP contribution in [0, 0.1) is 34.6 Å². The highest BCUT2D eigenvalue weighted by Crippen LogP contribution is 2.25. The lowest BCUT2D eigenvalue weighted by atomic mass is 10.1. The monoisotopic (exact) mass is 295 g/mol. The molecule has 1 heterocycles. The van der Waals surface area contributed by atoms with Gasteiger partial charge in [-0.15, -0.1) is 0 Å². The van der Waals surface area contributed by atoms with E-state index in [4.69, 9.17) is 10.1 Å². The van der Waals surface area contributed by atoms with Crippen molar-refractivity contribution in [2.45, 2.75) is 48.5 Å². The molecule has 1 aromatic carbocycles. The van der Waals surface area contributed by atoms with Crippen molar-refractivity contribution in [1.82, 2.24) is 4.68 Å². The van der Waals surface area contributed by atoms with Gasteiger partial charge in [-0.05, 0) is 71.7 Å². The Labute approximate surface area is 133 Å². The molecule has 0 spiro atoms. The summed E-state index contributed by atoms with van der Waals surface area (Å²) in [6, 6.07) is 8.50. The van der Waals surface area contributed by atoms with Crippen molar-refractivity contribution in [2.24, 2.45) is 10.1 Å². The topological polar surface area (TPSA) is 29.6 Å². The third-order valence-electron chi connectivity index (χ3n) is 3.92. The summed E-state index contributed by atoms with van der Waals surface area (Å²) in [6.45, 7) is 14.5. The molecule has 0 atom stereocenters. The van der Waals surface area contributed by atoms with E-state index in [9.17, 15) is 0 Å². The van der Waals surface area contributed by atoms with Crippen LogP contribution in [0.15, 0.2) is 34.4 Å². The van der Waals surface area contributed by atoms with E-state index < -0.39 is 0 Å². The Balaban J connectivity index is 2.41. The fourth-order valence-electron chi connectivity index (χ4n) is 2.64. The fourth-order valence-corrected chi connectivity index (χ4v) is 2.64. The molecular weight excluding hydrogens is 270 g/mol. The lowest BCUT2D eigenvalue weighted by Gasteiger charge is -2.09. The van der Waals surface area contributed by atoms with Crippen LogP contribution in [0.4, 0.5) is 5.69 Å². The minimum atomic E-state index is 0.932. The van der Waals surface area contributed by atoms with E-state index in [2.05, 4.69) is 58.9 Å². The van der Waals surface area contributed by atoms with E-state index in [-0.39, 0.29) is 0 Å². The lowest BCUT2D eigenvalue weighted by molar-refractivity contribution is 0.814. The molecule has 22 heavy (non-hydrogen) atoms. The molecule has 0 aliphatic carbocycles. The van der Waals surface area contributed by atoms with Crippen molar-refractivity contribution >= 4 is 17.1 Å². The summed E-state index contributed by atoms with van der Waals surface area (Å²) in [5, 5.41) is 4.69. The van der Waals surface area contributed by atoms with Crippen molar-refractivity contribution < 1.29 is 0 Å². The first kappa shape index (κ1) is 16.2. The fraction of sp³-hybridized carbons (Fsp3) is 0.368. The highest BCUT2D eigenvalue weighted by Gasteiger charge is 2.06. The van der Waals surface area contributed by atoms with Crippen LogP contribution in [0.2, 0.25) is 0 Å². The third-order valence-corrected chi connectivity index (χ3v) is 3.92. The number of nitrogens with zero attached hydrogens (tertiary/aromatic N) is 3. The van der Waals surface area contributed by atoms with Crippen molar-refractivity contribution in [2.75, 3.05) is 0 Å². The molecule has 0 N–H and O–H groups in total. The van der Waals surface area contributed by atoms with Gasteiger partial charge in [0.15, 0.2) is 0 Å². The van der Waals surface area contributed by atoms with Gasteiger partial charge in [0.25, 0.3) is 0 Å². The molecule has 0 unspecified atom stereocenters. The Morgan fingerprint density at radius 1 is 0.818 bits per heavy atom. The average molecular weight is 295 g/mol. The lowest BCUT2D eigenvalue weighted by Crippen LogP contribution is -2.09. The van der Waals surface area contributed by atoms with Crippen LogP contribution < -0.4 is 0 Å². The van der Waals surface area contributed by atoms with Crippen molar-refractivity contribution in [3.8, 4) is 0 Å². The van der Waals surface area contributed by atoms with E-state index in [1.54, 1.807) is 0 Å². The maximum Gasteiger partial charge on any atom is 0.0794 e. The summed E-state index contributed by atoms with van der Waals surface area (Å²) < 4.78 is 1.96. The number of aryl methyl sites for hydroxylation is 5. The van der Waals surface area contributed by atoms with Gasteiger partial charge in [-0.25, -0.2) is 4.68 Å². The Morgan fingerprint density at radius 2 is 1.32 bits per heavy atom. The van der Waals surface area contributed by atoms with Gasteiger partial charge in [0.2, 0.25) is 0 Å². The van der Waals surface area contributed by atoms with Crippen LogP contribution in [0.25, 0.3) is 0 Å². The molecule has 3 nitrogen and oxygen atoms in total. The zero-order valence-corrected chi connectivity index (χ0v) is 14.7. The van der Waals surface area contributed by atoms with E-state index in [1.165, 1.54) is 16.7 Å². The molecule has 0 amide bonds. The van der Waals surface area contributed by atoms with Crippen LogP contribution in [0.3, 0.4) is 0 Å². The summed E-state index contributed by atoms with van der Waals surface area (Å²) >= 11 is 0. The normalized spacial score (nSPS) is 12.9. The quantitative estimate of drug-likeness (QED) is 0.710. The summed E-state index contributed by atoms with van der Waals surface area (Å²) in [5.41, 5.74) is 8.88. The van der Waals surface area contributed by atoms with Crippen LogP contribution in [-0.4, -0.2) is 16.1 Å². The van der Waals surface area contributed by atoms with Crippen LogP contribution in [0.1, 0.15) is 41.9 Å². The number of hydrogen-bond acceptors (Lipinski definition) is 2. The zero-order chi connectivity index (χ0) is 16.4. The van der Waals surface area contributed by atoms with Crippen LogP contribution >= 0.6 is 0 Å². The number of aromatic nitrogens is 1. The highest BCUT2D eigenvalue weighted by molar-refractivity contribution is 6.41. The molecule has 2 aromatic rings. The molecule has 0 aliphatic rings. The van der Waals surface area contributed by atoms with E-state index in [1.807, 2.05) is 18.5 Å². The first-order valence-corrected chi connectivity index (χ1v) is 7.63. The number of hydrogen-bond donors (Lipinski definition) is 0. The highest BCUT2D eigenvalue weighted by atomic mass is 15.4. The van der Waals surface area contributed by atoms with Crippen LogP contribution in [0.5, 0.6) is 0 Å². The summed E-state index contributed by atoms with van der Waals surface area (Å²) in [5.74, 6) is 0. The van der Waals surface area contributed by atoms with E-state index in [0.29, 0.717) is 0 Å². The summed E-state index contributed by atoms with van der Waals surface area (Å²) in [6.07, 6.45) is 0. The number of rotatable bonds is 3. The Hall–Kier alpha value is -2.16. The summed E-state index contributed by atoms with van der Waals surface area (Å²) in [7, 11) is 0. The third kappa shape index (κ3) is 3.35. The average Bonchev–Trinajstić information content (AvgIpc) is 2.74. The second kappa shape index (κ2) is 6.30. The Kier molecular flexibility index (Phi) is 4.65. The zero-order valence-electron chi connectivity index (χ0n) is 14.7. The Bertz CT molecular complexity index is 718. The second-order valence-electron chi connectivity index (χ2n) is 6.06. The molecule has 1 aromatic heterocycles. The molecule has 0 bridgehead atoms. The summed E-state index contributed by atoms with van der Waals surface area (Å²) in [4.78, 5) is 4.81. The van der Waals surface area contributed by atoms with Crippen LogP contribution in [-0.2, 0) is 0 Å². The molecule has 0 aliphatic heterocycles. The van der Waals surface area contributed by atoms with E-state index in [0.717, 1.165) is 28.5 Å². The number of aliphatic imine (C=N–C) groups is 1. The maximum absolute atomic E-state index is 4.81. The SMILES string of the molecule is CC(=Nc1c(C)cc(C)cc1C)/C(C)=N/n1c(C)ccc1C. The molecule has 0 fully saturated rings. The van der Waals surface area contributed by atoms with Crippen molar-refractivity contribution in [3.63, 3.8) is 0 Å². The molecule has 0 radical (unpaired) electrons. The van der Waals surface area contributed by atoms with Crippen molar-refractivity contribution in [3.05, 3.63) is 52.3 Å². The standard InChI is InChI=1S/C19H25N3/c1-12-10-13(2)19(14(3)11-12)20-17(6)18(7)21-22-15(4)8-9-16(22)5/h8-11H,1-7H3/b20-17?,21-18+. The predicted molar refractivity (Wildman–Crippen MR) is 95.8 cm³/mol. The van der Waals surface area contributed by atoms with Gasteiger partial charge in [-0.3, -0.25) is 4.99 Å². The Morgan fingerprint density at radius 3 is 1.82 bits per heavy atom. The maximum atomic E-state index is 4.81. The van der Waals surface area contributed by atoms with Gasteiger partial charge >= 0.3 is 0 Å². The minimum absolute atomic E-state index is 0.932. The predicted octanol–water partition coefficient (Wildman–Crippen LogP) is 5.05. The largest absolute Gasteiger partial charge is 0.251 e. The number of benzene rings is 1. The second-order valence-corrected chi connectivity index (χ2v) is 6.06. The molecule has 2 rings (SSSR count). The van der Waals surface area contributed by atoms with Gasteiger partial charge in [0.05, 0.1) is 17.1 Å². The van der Waals surface area contributed by atoms with Crippen molar-refractivity contribution in [1.29, 1.82) is 0 Å². The molecule has 3 heteroatoms. The first-order chi connectivity index (χ1) is 10.3. The van der Waals surface area contributed by atoms with Gasteiger partial charge in [-0.2, -0.15) is 5.10 Å². The first-order valence-electron chi connectivity index (χ1n) is 7.63. The molecule has 0 saturated carbocycles. The van der Waals surface area contributed by atoms with Gasteiger partial charge in [-0.1, -0.05) is 17.7 Å². The minimum Gasteiger partial charge on any atom is -0.251 e. The molecule has 0 saturated heterocycles. The van der Waals surface area contributed by atoms with Gasteiger partial charge < -0.3 is 0 Å². The molecule has 116 valence electrons. The molecular formula is C19H25N3. The smallest absolute Gasteiger partial charge is 0.0794 e.